The second-order valence-corrected chi connectivity index (χ2v) is 21.7. The first kappa shape index (κ1) is 56.0. The molecule has 0 radical (unpaired) electrons. The minimum Gasteiger partial charge on any atom is -0.459 e. The SMILES string of the molecule is COCCOCCOCCOC[C@H](C)OCCOC(=O)c1ccc(-c2ccc(-c3ccc(-c4ccc(-c5ccc(-c6ccc(C(=O)OCCO[C@@H](C)COCCOCCOCCOC)s6)s5)s4)s3)s2)s1. The second kappa shape index (κ2) is 32.0. The molecule has 0 bridgehead atoms. The number of methoxy groups -OCH3 is 2. The number of ether oxygens (including phenoxy) is 12. The van der Waals surface area contributed by atoms with Crippen LogP contribution in [0.25, 0.3) is 48.8 Å². The predicted octanol–water partition coefficient (Wildman–Crippen LogP) is 10.9. The molecule has 6 heterocycles. The molecule has 0 saturated heterocycles. The van der Waals surface area contributed by atoms with E-state index < -0.39 is 0 Å². The Bertz CT molecular complexity index is 2210. The van der Waals surface area contributed by atoms with Gasteiger partial charge in [-0.15, -0.1) is 68.0 Å². The predicted molar refractivity (Wildman–Crippen MR) is 281 cm³/mol. The van der Waals surface area contributed by atoms with Crippen LogP contribution in [-0.2, 0) is 56.8 Å². The number of esters is 2. The van der Waals surface area contributed by atoms with Gasteiger partial charge in [0.1, 0.15) is 23.0 Å². The number of carbonyl (C=O) groups excluding carboxylic acids is 2. The lowest BCUT2D eigenvalue weighted by molar-refractivity contribution is -0.0402. The van der Waals surface area contributed by atoms with Gasteiger partial charge in [-0.05, 0) is 86.6 Å². The molecule has 0 aliphatic rings. The lowest BCUT2D eigenvalue weighted by Crippen LogP contribution is -2.21. The van der Waals surface area contributed by atoms with Crippen LogP contribution in [0.15, 0.2) is 72.8 Å². The van der Waals surface area contributed by atoms with Crippen molar-refractivity contribution in [1.29, 1.82) is 0 Å². The van der Waals surface area contributed by atoms with Gasteiger partial charge in [0.25, 0.3) is 0 Å². The van der Waals surface area contributed by atoms with E-state index in [-0.39, 0.29) is 50.6 Å². The summed E-state index contributed by atoms with van der Waals surface area (Å²) >= 11 is 9.81. The fraction of sp³-hybridized carbons (Fsp3) is 0.480. The van der Waals surface area contributed by atoms with Gasteiger partial charge >= 0.3 is 11.9 Å². The van der Waals surface area contributed by atoms with Crippen molar-refractivity contribution in [3.63, 3.8) is 0 Å². The fourth-order valence-electron chi connectivity index (χ4n) is 6.24. The molecule has 0 spiro atoms. The van der Waals surface area contributed by atoms with Crippen LogP contribution in [-0.4, -0.2) is 157 Å². The molecule has 0 aliphatic heterocycles. The molecule has 0 aliphatic carbocycles. The molecule has 0 aromatic carbocycles. The number of hydrogen-bond donors (Lipinski definition) is 0. The molecular weight excluding hydrogens is 1020 g/mol. The fourth-order valence-corrected chi connectivity index (χ4v) is 12.5. The van der Waals surface area contributed by atoms with Crippen LogP contribution < -0.4 is 0 Å². The van der Waals surface area contributed by atoms with Crippen LogP contribution >= 0.6 is 68.0 Å². The first-order valence-electron chi connectivity index (χ1n) is 22.9. The lowest BCUT2D eigenvalue weighted by Gasteiger charge is -2.13. The summed E-state index contributed by atoms with van der Waals surface area (Å²) in [6.45, 7) is 11.7. The van der Waals surface area contributed by atoms with E-state index in [4.69, 9.17) is 56.8 Å². The van der Waals surface area contributed by atoms with E-state index in [9.17, 15) is 9.59 Å². The zero-order chi connectivity index (χ0) is 49.2. The van der Waals surface area contributed by atoms with Gasteiger partial charge in [-0.25, -0.2) is 9.59 Å². The summed E-state index contributed by atoms with van der Waals surface area (Å²) in [6, 6.07) is 24.8. The van der Waals surface area contributed by atoms with Crippen molar-refractivity contribution in [2.24, 2.45) is 0 Å². The molecular formula is C50H62O14S6. The van der Waals surface area contributed by atoms with Crippen LogP contribution in [0.2, 0.25) is 0 Å². The van der Waals surface area contributed by atoms with Crippen LogP contribution in [0.5, 0.6) is 0 Å². The van der Waals surface area contributed by atoms with E-state index >= 15 is 0 Å². The third kappa shape index (κ3) is 19.3. The molecule has 14 nitrogen and oxygen atoms in total. The summed E-state index contributed by atoms with van der Waals surface area (Å²) < 4.78 is 65.3. The highest BCUT2D eigenvalue weighted by Crippen LogP contribution is 2.46. The van der Waals surface area contributed by atoms with E-state index in [2.05, 4.69) is 48.5 Å². The van der Waals surface area contributed by atoms with E-state index in [0.717, 1.165) is 19.5 Å². The smallest absolute Gasteiger partial charge is 0.348 e. The molecule has 2 atom stereocenters. The summed E-state index contributed by atoms with van der Waals surface area (Å²) in [4.78, 5) is 38.1. The topological polar surface area (TPSA) is 145 Å². The lowest BCUT2D eigenvalue weighted by atomic mass is 10.3. The third-order valence-electron chi connectivity index (χ3n) is 9.75. The Hall–Kier alpha value is -3.26. The summed E-state index contributed by atoms with van der Waals surface area (Å²) in [6.07, 6.45) is -0.285. The van der Waals surface area contributed by atoms with E-state index in [1.165, 1.54) is 51.9 Å². The van der Waals surface area contributed by atoms with Crippen LogP contribution in [0.3, 0.4) is 0 Å². The maximum Gasteiger partial charge on any atom is 0.348 e. The molecule has 6 aromatic rings. The van der Waals surface area contributed by atoms with E-state index in [1.54, 1.807) is 59.6 Å². The Morgan fingerprint density at radius 1 is 0.343 bits per heavy atom. The molecule has 382 valence electrons. The van der Waals surface area contributed by atoms with Crippen molar-refractivity contribution >= 4 is 80.0 Å². The zero-order valence-corrected chi connectivity index (χ0v) is 44.9. The summed E-state index contributed by atoms with van der Waals surface area (Å²) in [5.41, 5.74) is 0. The van der Waals surface area contributed by atoms with Crippen molar-refractivity contribution in [3.8, 4) is 48.8 Å². The molecule has 70 heavy (non-hydrogen) atoms. The van der Waals surface area contributed by atoms with Gasteiger partial charge in [-0.3, -0.25) is 0 Å². The van der Waals surface area contributed by atoms with E-state index in [0.29, 0.717) is 102 Å². The van der Waals surface area contributed by atoms with Crippen molar-refractivity contribution in [2.45, 2.75) is 26.1 Å². The monoisotopic (exact) mass is 1080 g/mol. The van der Waals surface area contributed by atoms with Gasteiger partial charge in [0, 0.05) is 63.0 Å². The largest absolute Gasteiger partial charge is 0.459 e. The van der Waals surface area contributed by atoms with Gasteiger partial charge in [0.05, 0.1) is 118 Å². The van der Waals surface area contributed by atoms with Crippen molar-refractivity contribution < 1.29 is 66.4 Å². The highest BCUT2D eigenvalue weighted by molar-refractivity contribution is 7.30. The Morgan fingerprint density at radius 3 is 0.900 bits per heavy atom. The van der Waals surface area contributed by atoms with Crippen LogP contribution in [0, 0.1) is 0 Å². The summed E-state index contributed by atoms with van der Waals surface area (Å²) in [7, 11) is 3.28. The molecule has 20 heteroatoms. The highest BCUT2D eigenvalue weighted by atomic mass is 32.1. The quantitative estimate of drug-likeness (QED) is 0.0269. The Labute approximate surface area is 434 Å². The van der Waals surface area contributed by atoms with Gasteiger partial charge in [-0.2, -0.15) is 0 Å². The first-order chi connectivity index (χ1) is 34.3. The van der Waals surface area contributed by atoms with Gasteiger partial charge < -0.3 is 56.8 Å². The van der Waals surface area contributed by atoms with E-state index in [1.807, 2.05) is 38.1 Å². The third-order valence-corrected chi connectivity index (χ3v) is 17.2. The summed E-state index contributed by atoms with van der Waals surface area (Å²) in [5, 5.41) is 0. The molecule has 0 unspecified atom stereocenters. The van der Waals surface area contributed by atoms with Gasteiger partial charge in [0.15, 0.2) is 0 Å². The zero-order valence-electron chi connectivity index (χ0n) is 40.0. The molecule has 0 amide bonds. The number of carbonyl (C=O) groups is 2. The number of rotatable bonds is 37. The minimum absolute atomic E-state index is 0.143. The number of hydrogen-bond acceptors (Lipinski definition) is 20. The molecule has 0 saturated carbocycles. The Balaban J connectivity index is 0.868. The standard InChI is InChI=1S/C50H62O14S6/c1-35(33-59-27-25-57-23-21-55-19-17-53-3)61-29-31-63-49(51)47-15-13-45(69-47)43-11-9-41(67-43)39-7-5-37(65-39)38-6-8-40(66-38)42-10-12-44(68-42)46-14-16-48(70-46)50(52)64-32-30-62-36(2)34-60-28-26-58-24-22-56-20-18-54-4/h5-16,35-36H,17-34H2,1-4H3/t35-,36-/m0/s1. The molecule has 6 rings (SSSR count). The first-order valence-corrected chi connectivity index (χ1v) is 27.8. The maximum atomic E-state index is 12.8. The molecule has 0 fully saturated rings. The van der Waals surface area contributed by atoms with Crippen LogP contribution in [0.1, 0.15) is 33.2 Å². The van der Waals surface area contributed by atoms with Crippen LogP contribution in [0.4, 0.5) is 0 Å². The highest BCUT2D eigenvalue weighted by Gasteiger charge is 2.18. The minimum atomic E-state index is -0.360. The molecule has 6 aromatic heterocycles. The van der Waals surface area contributed by atoms with Gasteiger partial charge in [0.2, 0.25) is 0 Å². The second-order valence-electron chi connectivity index (χ2n) is 15.2. The van der Waals surface area contributed by atoms with Crippen molar-refractivity contribution in [1.82, 2.24) is 0 Å². The Morgan fingerprint density at radius 2 is 0.600 bits per heavy atom. The van der Waals surface area contributed by atoms with Crippen molar-refractivity contribution in [2.75, 3.05) is 133 Å². The average molecular weight is 1080 g/mol. The number of thiophene rings is 6. The van der Waals surface area contributed by atoms with Gasteiger partial charge in [-0.1, -0.05) is 0 Å². The molecule has 0 N–H and O–H groups in total. The Kier molecular flexibility index (Phi) is 25.6. The summed E-state index contributed by atoms with van der Waals surface area (Å²) in [5.74, 6) is -0.720. The van der Waals surface area contributed by atoms with Crippen molar-refractivity contribution in [3.05, 3.63) is 82.6 Å². The maximum absolute atomic E-state index is 12.8. The normalized spacial score (nSPS) is 12.5. The average Bonchev–Trinajstić information content (AvgIpc) is 4.22.